The minimum Gasteiger partial charge on any atom is -0.327 e. The van der Waals surface area contributed by atoms with Crippen LogP contribution < -0.4 is 5.73 Å². The van der Waals surface area contributed by atoms with E-state index in [9.17, 15) is 0 Å². The fourth-order valence-corrected chi connectivity index (χ4v) is 3.77. The molecule has 1 fully saturated rings. The van der Waals surface area contributed by atoms with Gasteiger partial charge in [0.2, 0.25) is 0 Å². The molecule has 1 aliphatic rings. The van der Waals surface area contributed by atoms with Gasteiger partial charge in [0.05, 0.1) is 0 Å². The predicted octanol–water partition coefficient (Wildman–Crippen LogP) is 4.61. The van der Waals surface area contributed by atoms with Crippen molar-refractivity contribution in [2.75, 3.05) is 0 Å². The molecule has 0 spiro atoms. The molecule has 0 heterocycles. The summed E-state index contributed by atoms with van der Waals surface area (Å²) in [6.07, 6.45) is 3.53. The highest BCUT2D eigenvalue weighted by molar-refractivity contribution is 5.33. The van der Waals surface area contributed by atoms with Gasteiger partial charge < -0.3 is 5.73 Å². The van der Waals surface area contributed by atoms with E-state index in [2.05, 4.69) is 58.9 Å². The molecule has 0 bridgehead atoms. The first-order valence-electron chi connectivity index (χ1n) is 7.71. The van der Waals surface area contributed by atoms with Crippen molar-refractivity contribution in [1.82, 2.24) is 0 Å². The van der Waals surface area contributed by atoms with Gasteiger partial charge in [0.25, 0.3) is 0 Å². The highest BCUT2D eigenvalue weighted by Gasteiger charge is 2.50. The van der Waals surface area contributed by atoms with Crippen molar-refractivity contribution in [1.29, 1.82) is 0 Å². The SMILES string of the molecule is CCC1(CC)C(N)CC1c1ccc(C(C)(C)C)cc1. The summed E-state index contributed by atoms with van der Waals surface area (Å²) in [5, 5.41) is 0. The molecule has 0 aliphatic heterocycles. The first-order valence-corrected chi connectivity index (χ1v) is 7.71. The van der Waals surface area contributed by atoms with Crippen molar-refractivity contribution in [3.05, 3.63) is 35.4 Å². The maximum Gasteiger partial charge on any atom is 0.0107 e. The fraction of sp³-hybridized carbons (Fsp3) is 0.667. The van der Waals surface area contributed by atoms with Crippen molar-refractivity contribution >= 4 is 0 Å². The Bertz CT molecular complexity index is 420. The lowest BCUT2D eigenvalue weighted by Crippen LogP contribution is -2.55. The third-order valence-corrected chi connectivity index (χ3v) is 5.42. The molecule has 1 aliphatic carbocycles. The summed E-state index contributed by atoms with van der Waals surface area (Å²) in [6.45, 7) is 11.4. The zero-order valence-corrected chi connectivity index (χ0v) is 13.2. The Morgan fingerprint density at radius 3 is 2.00 bits per heavy atom. The Morgan fingerprint density at radius 1 is 1.11 bits per heavy atom. The van der Waals surface area contributed by atoms with Crippen LogP contribution in [0.15, 0.2) is 24.3 Å². The molecule has 1 aromatic carbocycles. The molecule has 1 saturated carbocycles. The third-order valence-electron chi connectivity index (χ3n) is 5.42. The van der Waals surface area contributed by atoms with E-state index in [0.717, 1.165) is 6.42 Å². The normalized spacial score (nSPS) is 26.0. The molecule has 2 unspecified atom stereocenters. The largest absolute Gasteiger partial charge is 0.327 e. The van der Waals surface area contributed by atoms with Gasteiger partial charge in [-0.15, -0.1) is 0 Å². The summed E-state index contributed by atoms with van der Waals surface area (Å²) in [5.41, 5.74) is 9.78. The maximum atomic E-state index is 6.31. The molecule has 1 aromatic rings. The van der Waals surface area contributed by atoms with E-state index in [1.165, 1.54) is 24.0 Å². The average Bonchev–Trinajstić information content (AvgIpc) is 2.37. The average molecular weight is 259 g/mol. The molecular weight excluding hydrogens is 230 g/mol. The van der Waals surface area contributed by atoms with Crippen LogP contribution in [0.25, 0.3) is 0 Å². The topological polar surface area (TPSA) is 26.0 Å². The van der Waals surface area contributed by atoms with Crippen LogP contribution in [0, 0.1) is 5.41 Å². The summed E-state index contributed by atoms with van der Waals surface area (Å²) >= 11 is 0. The van der Waals surface area contributed by atoms with Gasteiger partial charge in [-0.1, -0.05) is 58.9 Å². The second-order valence-corrected chi connectivity index (χ2v) is 7.21. The highest BCUT2D eigenvalue weighted by atomic mass is 14.8. The number of rotatable bonds is 3. The van der Waals surface area contributed by atoms with Gasteiger partial charge in [0.15, 0.2) is 0 Å². The Labute approximate surface area is 118 Å². The first kappa shape index (κ1) is 14.6. The van der Waals surface area contributed by atoms with Crippen LogP contribution in [0.1, 0.15) is 70.9 Å². The third kappa shape index (κ3) is 2.33. The van der Waals surface area contributed by atoms with E-state index in [-0.39, 0.29) is 5.41 Å². The smallest absolute Gasteiger partial charge is 0.0107 e. The van der Waals surface area contributed by atoms with E-state index >= 15 is 0 Å². The molecule has 0 aromatic heterocycles. The van der Waals surface area contributed by atoms with E-state index in [1.807, 2.05) is 0 Å². The fourth-order valence-electron chi connectivity index (χ4n) is 3.77. The first-order chi connectivity index (χ1) is 8.85. The molecule has 0 amide bonds. The van der Waals surface area contributed by atoms with Crippen LogP contribution in [0.4, 0.5) is 0 Å². The Hall–Kier alpha value is -0.820. The summed E-state index contributed by atoms with van der Waals surface area (Å²) in [5.74, 6) is 0.659. The molecule has 2 rings (SSSR count). The van der Waals surface area contributed by atoms with Crippen LogP contribution >= 0.6 is 0 Å². The summed E-state index contributed by atoms with van der Waals surface area (Å²) in [4.78, 5) is 0. The van der Waals surface area contributed by atoms with Crippen LogP contribution in [0.5, 0.6) is 0 Å². The molecule has 1 heteroatoms. The van der Waals surface area contributed by atoms with Crippen LogP contribution in [-0.4, -0.2) is 6.04 Å². The Balaban J connectivity index is 2.24. The second-order valence-electron chi connectivity index (χ2n) is 7.21. The second kappa shape index (κ2) is 4.94. The van der Waals surface area contributed by atoms with Gasteiger partial charge >= 0.3 is 0 Å². The molecule has 19 heavy (non-hydrogen) atoms. The lowest BCUT2D eigenvalue weighted by atomic mass is 9.52. The zero-order valence-electron chi connectivity index (χ0n) is 13.2. The molecular formula is C18H29N. The number of nitrogens with two attached hydrogens (primary N) is 1. The van der Waals surface area contributed by atoms with Crippen molar-refractivity contribution in [3.8, 4) is 0 Å². The quantitative estimate of drug-likeness (QED) is 0.843. The van der Waals surface area contributed by atoms with Gasteiger partial charge in [0.1, 0.15) is 0 Å². The van der Waals surface area contributed by atoms with Gasteiger partial charge in [0, 0.05) is 6.04 Å². The van der Waals surface area contributed by atoms with Gasteiger partial charge in [-0.05, 0) is 47.1 Å². The lowest BCUT2D eigenvalue weighted by molar-refractivity contribution is 0.0438. The monoisotopic (exact) mass is 259 g/mol. The minimum absolute atomic E-state index is 0.237. The molecule has 1 nitrogen and oxygen atoms in total. The maximum absolute atomic E-state index is 6.31. The summed E-state index contributed by atoms with van der Waals surface area (Å²) in [7, 11) is 0. The predicted molar refractivity (Wildman–Crippen MR) is 83.5 cm³/mol. The lowest BCUT2D eigenvalue weighted by Gasteiger charge is -2.55. The summed E-state index contributed by atoms with van der Waals surface area (Å²) < 4.78 is 0. The Morgan fingerprint density at radius 2 is 1.63 bits per heavy atom. The van der Waals surface area contributed by atoms with E-state index in [0.29, 0.717) is 17.4 Å². The van der Waals surface area contributed by atoms with E-state index < -0.39 is 0 Å². The molecule has 2 atom stereocenters. The molecule has 106 valence electrons. The minimum atomic E-state index is 0.237. The van der Waals surface area contributed by atoms with Crippen molar-refractivity contribution in [2.45, 2.75) is 71.3 Å². The molecule has 2 N–H and O–H groups in total. The van der Waals surface area contributed by atoms with Crippen LogP contribution in [0.3, 0.4) is 0 Å². The number of hydrogen-bond donors (Lipinski definition) is 1. The van der Waals surface area contributed by atoms with Crippen LogP contribution in [-0.2, 0) is 5.41 Å². The Kier molecular flexibility index (Phi) is 3.79. The van der Waals surface area contributed by atoms with Gasteiger partial charge in [-0.25, -0.2) is 0 Å². The number of benzene rings is 1. The summed E-state index contributed by atoms with van der Waals surface area (Å²) in [6, 6.07) is 9.65. The zero-order chi connectivity index (χ0) is 14.3. The van der Waals surface area contributed by atoms with Crippen LogP contribution in [0.2, 0.25) is 0 Å². The van der Waals surface area contributed by atoms with Crippen molar-refractivity contribution in [3.63, 3.8) is 0 Å². The van der Waals surface area contributed by atoms with E-state index in [4.69, 9.17) is 5.73 Å². The molecule has 0 saturated heterocycles. The molecule has 0 radical (unpaired) electrons. The van der Waals surface area contributed by atoms with Gasteiger partial charge in [-0.2, -0.15) is 0 Å². The van der Waals surface area contributed by atoms with Gasteiger partial charge in [-0.3, -0.25) is 0 Å². The van der Waals surface area contributed by atoms with E-state index in [1.54, 1.807) is 0 Å². The number of hydrogen-bond acceptors (Lipinski definition) is 1. The van der Waals surface area contributed by atoms with Crippen molar-refractivity contribution < 1.29 is 0 Å². The standard InChI is InChI=1S/C18H29N/c1-6-18(7-2)15(12-16(18)19)13-8-10-14(11-9-13)17(3,4)5/h8-11,15-16H,6-7,12,19H2,1-5H3. The van der Waals surface area contributed by atoms with Crippen molar-refractivity contribution in [2.24, 2.45) is 11.1 Å². The highest BCUT2D eigenvalue weighted by Crippen LogP contribution is 2.56.